The van der Waals surface area contributed by atoms with Gasteiger partial charge in [-0.1, -0.05) is 0 Å². The van der Waals surface area contributed by atoms with Crippen LogP contribution in [-0.4, -0.2) is 18.2 Å². The Morgan fingerprint density at radius 1 is 1.29 bits per heavy atom. The summed E-state index contributed by atoms with van der Waals surface area (Å²) in [7, 11) is 0. The molecule has 0 atom stereocenters. The molecule has 2 rings (SSSR count). The van der Waals surface area contributed by atoms with E-state index >= 15 is 0 Å². The van der Waals surface area contributed by atoms with Gasteiger partial charge >= 0.3 is 0 Å². The van der Waals surface area contributed by atoms with Crippen LogP contribution in [0.4, 0.5) is 0 Å². The summed E-state index contributed by atoms with van der Waals surface area (Å²) in [5, 5.41) is 4.12. The Kier molecular flexibility index (Phi) is 5.52. The average molecular weight is 367 g/mol. The summed E-state index contributed by atoms with van der Waals surface area (Å²) in [5.74, 6) is 0.505. The Hall–Kier alpha value is -1.66. The molecule has 0 aliphatic carbocycles. The second-order valence-corrected chi connectivity index (χ2v) is 6.66. The minimum Gasteiger partial charge on any atom is -0.494 e. The van der Waals surface area contributed by atoms with E-state index < -0.39 is 0 Å². The van der Waals surface area contributed by atoms with Crippen molar-refractivity contribution >= 4 is 38.9 Å². The van der Waals surface area contributed by atoms with Gasteiger partial charge in [-0.3, -0.25) is 4.79 Å². The number of rotatable bonds is 5. The maximum Gasteiger partial charge on any atom is 0.271 e. The van der Waals surface area contributed by atoms with Crippen molar-refractivity contribution in [3.05, 3.63) is 50.6 Å². The molecule has 1 aromatic heterocycles. The van der Waals surface area contributed by atoms with Gasteiger partial charge in [0.1, 0.15) is 5.75 Å². The van der Waals surface area contributed by atoms with Gasteiger partial charge in [0.2, 0.25) is 0 Å². The number of amides is 1. The maximum absolute atomic E-state index is 12.0. The van der Waals surface area contributed by atoms with Crippen LogP contribution in [0, 0.1) is 0 Å². The van der Waals surface area contributed by atoms with Crippen molar-refractivity contribution in [2.24, 2.45) is 5.10 Å². The number of nitrogens with zero attached hydrogens (tertiary/aromatic N) is 1. The topological polar surface area (TPSA) is 50.7 Å². The zero-order valence-electron chi connectivity index (χ0n) is 11.7. The second kappa shape index (κ2) is 7.38. The first kappa shape index (κ1) is 15.7. The van der Waals surface area contributed by atoms with Crippen LogP contribution in [0.3, 0.4) is 0 Å². The molecule has 0 fully saturated rings. The molecule has 1 amide bonds. The Balaban J connectivity index is 2.00. The summed E-state index contributed by atoms with van der Waals surface area (Å²) in [6.07, 6.45) is 0. The van der Waals surface area contributed by atoms with E-state index in [1.54, 1.807) is 35.6 Å². The lowest BCUT2D eigenvalue weighted by Crippen LogP contribution is -2.19. The average Bonchev–Trinajstić information content (AvgIpc) is 2.92. The molecule has 1 heterocycles. The SMILES string of the molecule is CCOc1ccc(C(=O)N/N=C(\C)c2ccc(Br)s2)cc1. The summed E-state index contributed by atoms with van der Waals surface area (Å²) in [5.41, 5.74) is 3.87. The molecule has 1 aromatic carbocycles. The Morgan fingerprint density at radius 2 is 2.00 bits per heavy atom. The molecule has 6 heteroatoms. The monoisotopic (exact) mass is 366 g/mol. The number of nitrogens with one attached hydrogen (secondary N) is 1. The van der Waals surface area contributed by atoms with E-state index in [0.717, 1.165) is 20.1 Å². The molecule has 2 aromatic rings. The van der Waals surface area contributed by atoms with Gasteiger partial charge in [0.05, 0.1) is 21.0 Å². The van der Waals surface area contributed by atoms with Gasteiger partial charge in [0.25, 0.3) is 5.91 Å². The molecule has 0 radical (unpaired) electrons. The Bertz CT molecular complexity index is 650. The number of halogens is 1. The molecule has 0 unspecified atom stereocenters. The van der Waals surface area contributed by atoms with E-state index in [1.165, 1.54) is 0 Å². The standard InChI is InChI=1S/C15H15BrN2O2S/c1-3-20-12-6-4-11(5-7-12)15(19)18-17-10(2)13-8-9-14(16)21-13/h4-9H,3H2,1-2H3,(H,18,19)/b17-10+. The predicted octanol–water partition coefficient (Wildman–Crippen LogP) is 4.06. The quantitative estimate of drug-likeness (QED) is 0.640. The van der Waals surface area contributed by atoms with Crippen molar-refractivity contribution in [3.8, 4) is 5.75 Å². The van der Waals surface area contributed by atoms with Gasteiger partial charge in [-0.15, -0.1) is 11.3 Å². The number of hydrogen-bond donors (Lipinski definition) is 1. The lowest BCUT2D eigenvalue weighted by Gasteiger charge is -2.04. The van der Waals surface area contributed by atoms with Gasteiger partial charge in [-0.2, -0.15) is 5.10 Å². The van der Waals surface area contributed by atoms with E-state index in [4.69, 9.17) is 4.74 Å². The highest BCUT2D eigenvalue weighted by molar-refractivity contribution is 9.11. The van der Waals surface area contributed by atoms with Gasteiger partial charge in [-0.25, -0.2) is 5.43 Å². The molecule has 110 valence electrons. The maximum atomic E-state index is 12.0. The van der Waals surface area contributed by atoms with Crippen molar-refractivity contribution < 1.29 is 9.53 Å². The van der Waals surface area contributed by atoms with Crippen LogP contribution in [-0.2, 0) is 0 Å². The first-order valence-electron chi connectivity index (χ1n) is 6.43. The molecular formula is C15H15BrN2O2S. The summed E-state index contributed by atoms with van der Waals surface area (Å²) in [6.45, 7) is 4.38. The summed E-state index contributed by atoms with van der Waals surface area (Å²) >= 11 is 4.97. The summed E-state index contributed by atoms with van der Waals surface area (Å²) in [6, 6.07) is 10.9. The third-order valence-electron chi connectivity index (χ3n) is 2.68. The number of carbonyl (C=O) groups excluding carboxylic acids is 1. The van der Waals surface area contributed by atoms with Crippen molar-refractivity contribution in [1.29, 1.82) is 0 Å². The van der Waals surface area contributed by atoms with Crippen molar-refractivity contribution in [1.82, 2.24) is 5.43 Å². The molecule has 21 heavy (non-hydrogen) atoms. The largest absolute Gasteiger partial charge is 0.494 e. The number of hydrazone groups is 1. The zero-order chi connectivity index (χ0) is 15.2. The highest BCUT2D eigenvalue weighted by Gasteiger charge is 2.06. The lowest BCUT2D eigenvalue weighted by atomic mass is 10.2. The number of carbonyl (C=O) groups is 1. The van der Waals surface area contributed by atoms with Crippen molar-refractivity contribution in [3.63, 3.8) is 0 Å². The molecule has 0 aliphatic heterocycles. The summed E-state index contributed by atoms with van der Waals surface area (Å²) < 4.78 is 6.37. The molecule has 4 nitrogen and oxygen atoms in total. The second-order valence-electron chi connectivity index (χ2n) is 4.20. The van der Waals surface area contributed by atoms with Crippen LogP contribution < -0.4 is 10.2 Å². The van der Waals surface area contributed by atoms with E-state index in [9.17, 15) is 4.79 Å². The molecule has 0 saturated carbocycles. The van der Waals surface area contributed by atoms with E-state index in [2.05, 4.69) is 26.5 Å². The summed E-state index contributed by atoms with van der Waals surface area (Å²) in [4.78, 5) is 13.0. The highest BCUT2D eigenvalue weighted by Crippen LogP contribution is 2.22. The predicted molar refractivity (Wildman–Crippen MR) is 89.3 cm³/mol. The fourth-order valence-corrected chi connectivity index (χ4v) is 2.96. The minimum atomic E-state index is -0.243. The van der Waals surface area contributed by atoms with Gasteiger partial charge in [0.15, 0.2) is 0 Å². The third-order valence-corrected chi connectivity index (χ3v) is 4.41. The van der Waals surface area contributed by atoms with Crippen LogP contribution in [0.25, 0.3) is 0 Å². The highest BCUT2D eigenvalue weighted by atomic mass is 79.9. The number of ether oxygens (including phenoxy) is 1. The smallest absolute Gasteiger partial charge is 0.271 e. The van der Waals surface area contributed by atoms with Gasteiger partial charge < -0.3 is 4.74 Å². The van der Waals surface area contributed by atoms with Crippen LogP contribution >= 0.6 is 27.3 Å². The minimum absolute atomic E-state index is 0.243. The third kappa shape index (κ3) is 4.41. The van der Waals surface area contributed by atoms with Gasteiger partial charge in [-0.05, 0) is 66.2 Å². The fourth-order valence-electron chi connectivity index (χ4n) is 1.63. The number of benzene rings is 1. The normalized spacial score (nSPS) is 11.3. The first-order chi connectivity index (χ1) is 10.1. The Labute approximate surface area is 136 Å². The van der Waals surface area contributed by atoms with Crippen LogP contribution in [0.15, 0.2) is 45.3 Å². The van der Waals surface area contributed by atoms with Crippen LogP contribution in [0.5, 0.6) is 5.75 Å². The van der Waals surface area contributed by atoms with Gasteiger partial charge in [0, 0.05) is 5.56 Å². The first-order valence-corrected chi connectivity index (χ1v) is 8.04. The molecule has 1 N–H and O–H groups in total. The van der Waals surface area contributed by atoms with Crippen LogP contribution in [0.1, 0.15) is 29.1 Å². The molecule has 0 bridgehead atoms. The number of hydrogen-bond acceptors (Lipinski definition) is 4. The number of thiophene rings is 1. The zero-order valence-corrected chi connectivity index (χ0v) is 14.1. The fraction of sp³-hybridized carbons (Fsp3) is 0.200. The molecular weight excluding hydrogens is 352 g/mol. The molecule has 0 spiro atoms. The molecule has 0 aliphatic rings. The van der Waals surface area contributed by atoms with Crippen molar-refractivity contribution in [2.45, 2.75) is 13.8 Å². The Morgan fingerprint density at radius 3 is 2.57 bits per heavy atom. The van der Waals surface area contributed by atoms with Crippen LogP contribution in [0.2, 0.25) is 0 Å². The van der Waals surface area contributed by atoms with E-state index in [-0.39, 0.29) is 5.91 Å². The van der Waals surface area contributed by atoms with E-state index in [1.807, 2.05) is 26.0 Å². The van der Waals surface area contributed by atoms with E-state index in [0.29, 0.717) is 12.2 Å². The lowest BCUT2D eigenvalue weighted by molar-refractivity contribution is 0.0955. The molecule has 0 saturated heterocycles. The van der Waals surface area contributed by atoms with Crippen molar-refractivity contribution in [2.75, 3.05) is 6.61 Å².